The van der Waals surface area contributed by atoms with Crippen LogP contribution in [0.3, 0.4) is 0 Å². The lowest BCUT2D eigenvalue weighted by molar-refractivity contribution is 0.769. The number of aryl methyl sites for hydroxylation is 1. The van der Waals surface area contributed by atoms with Crippen molar-refractivity contribution in [2.75, 3.05) is 11.4 Å². The molecule has 3 nitrogen and oxygen atoms in total. The van der Waals surface area contributed by atoms with E-state index in [1.54, 1.807) is 0 Å². The van der Waals surface area contributed by atoms with Gasteiger partial charge in [-0.15, -0.1) is 0 Å². The molecule has 0 aliphatic heterocycles. The van der Waals surface area contributed by atoms with Crippen LogP contribution in [-0.4, -0.2) is 16.5 Å². The van der Waals surface area contributed by atoms with Gasteiger partial charge in [-0.25, -0.2) is 9.97 Å². The van der Waals surface area contributed by atoms with Crippen LogP contribution < -0.4 is 4.90 Å². The van der Waals surface area contributed by atoms with Crippen molar-refractivity contribution in [2.45, 2.75) is 33.6 Å². The number of aromatic nitrogens is 2. The predicted octanol–water partition coefficient (Wildman–Crippen LogP) is 4.72. The zero-order valence-electron chi connectivity index (χ0n) is 12.4. The van der Waals surface area contributed by atoms with Crippen molar-refractivity contribution in [3.05, 3.63) is 46.9 Å². The summed E-state index contributed by atoms with van der Waals surface area (Å²) in [6.07, 6.45) is 0. The standard InChI is InChI=1S/C16H20ClN3/c1-5-20(13-8-6-12(4)7-9-13)15-10-14(17)18-16(19-15)11(2)3/h6-11H,5H2,1-4H3. The maximum absolute atomic E-state index is 6.13. The zero-order valence-corrected chi connectivity index (χ0v) is 13.1. The molecule has 0 unspecified atom stereocenters. The highest BCUT2D eigenvalue weighted by molar-refractivity contribution is 6.29. The highest BCUT2D eigenvalue weighted by atomic mass is 35.5. The molecule has 4 heteroatoms. The summed E-state index contributed by atoms with van der Waals surface area (Å²) in [6.45, 7) is 9.15. The van der Waals surface area contributed by atoms with Crippen LogP contribution in [0, 0.1) is 6.92 Å². The number of benzene rings is 1. The Morgan fingerprint density at radius 1 is 1.15 bits per heavy atom. The van der Waals surface area contributed by atoms with Crippen LogP contribution in [0.15, 0.2) is 30.3 Å². The van der Waals surface area contributed by atoms with Gasteiger partial charge in [0.1, 0.15) is 16.8 Å². The summed E-state index contributed by atoms with van der Waals surface area (Å²) >= 11 is 6.13. The number of halogens is 1. The van der Waals surface area contributed by atoms with E-state index in [0.29, 0.717) is 5.15 Å². The third-order valence-corrected chi connectivity index (χ3v) is 3.35. The van der Waals surface area contributed by atoms with Gasteiger partial charge in [0, 0.05) is 24.2 Å². The van der Waals surface area contributed by atoms with Crippen LogP contribution in [0.5, 0.6) is 0 Å². The first-order valence-corrected chi connectivity index (χ1v) is 7.27. The van der Waals surface area contributed by atoms with E-state index in [0.717, 1.165) is 23.9 Å². The number of hydrogen-bond donors (Lipinski definition) is 0. The van der Waals surface area contributed by atoms with Crippen LogP contribution in [-0.2, 0) is 0 Å². The van der Waals surface area contributed by atoms with E-state index >= 15 is 0 Å². The number of nitrogens with zero attached hydrogens (tertiary/aromatic N) is 3. The molecule has 106 valence electrons. The van der Waals surface area contributed by atoms with Gasteiger partial charge >= 0.3 is 0 Å². The predicted molar refractivity (Wildman–Crippen MR) is 85.0 cm³/mol. The topological polar surface area (TPSA) is 29.0 Å². The van der Waals surface area contributed by atoms with Crippen molar-refractivity contribution in [1.82, 2.24) is 9.97 Å². The number of hydrogen-bond acceptors (Lipinski definition) is 3. The lowest BCUT2D eigenvalue weighted by Gasteiger charge is -2.23. The van der Waals surface area contributed by atoms with E-state index in [1.807, 2.05) is 6.07 Å². The normalized spacial score (nSPS) is 10.9. The molecule has 20 heavy (non-hydrogen) atoms. The highest BCUT2D eigenvalue weighted by Crippen LogP contribution is 2.26. The van der Waals surface area contributed by atoms with Gasteiger partial charge in [0.05, 0.1) is 0 Å². The molecule has 0 fully saturated rings. The summed E-state index contributed by atoms with van der Waals surface area (Å²) in [5, 5.41) is 0.490. The Morgan fingerprint density at radius 3 is 2.35 bits per heavy atom. The molecule has 2 aromatic rings. The molecule has 1 heterocycles. The molecule has 0 saturated heterocycles. The minimum atomic E-state index is 0.254. The van der Waals surface area contributed by atoms with E-state index in [9.17, 15) is 0 Å². The smallest absolute Gasteiger partial charge is 0.138 e. The van der Waals surface area contributed by atoms with Gasteiger partial charge in [0.2, 0.25) is 0 Å². The van der Waals surface area contributed by atoms with Crippen LogP contribution in [0.2, 0.25) is 5.15 Å². The van der Waals surface area contributed by atoms with E-state index in [2.05, 4.69) is 66.8 Å². The molecular formula is C16H20ClN3. The molecule has 0 aliphatic carbocycles. The number of rotatable bonds is 4. The van der Waals surface area contributed by atoms with Crippen molar-refractivity contribution in [3.8, 4) is 0 Å². The van der Waals surface area contributed by atoms with Crippen molar-refractivity contribution < 1.29 is 0 Å². The minimum absolute atomic E-state index is 0.254. The zero-order chi connectivity index (χ0) is 14.7. The molecule has 0 aliphatic rings. The lowest BCUT2D eigenvalue weighted by Crippen LogP contribution is -2.18. The van der Waals surface area contributed by atoms with Gasteiger partial charge in [-0.05, 0) is 26.0 Å². The third kappa shape index (κ3) is 3.28. The molecule has 0 atom stereocenters. The Labute approximate surface area is 125 Å². The van der Waals surface area contributed by atoms with Crippen molar-refractivity contribution in [3.63, 3.8) is 0 Å². The first-order valence-electron chi connectivity index (χ1n) is 6.90. The summed E-state index contributed by atoms with van der Waals surface area (Å²) in [5.41, 5.74) is 2.36. The lowest BCUT2D eigenvalue weighted by atomic mass is 10.2. The van der Waals surface area contributed by atoms with E-state index in [-0.39, 0.29) is 5.92 Å². The molecule has 0 bridgehead atoms. The van der Waals surface area contributed by atoms with Crippen molar-refractivity contribution >= 4 is 23.1 Å². The summed E-state index contributed by atoms with van der Waals surface area (Å²) in [4.78, 5) is 11.1. The molecule has 0 radical (unpaired) electrons. The quantitative estimate of drug-likeness (QED) is 0.763. The number of anilines is 2. The SMILES string of the molecule is CCN(c1ccc(C)cc1)c1cc(Cl)nc(C(C)C)n1. The summed E-state index contributed by atoms with van der Waals surface area (Å²) < 4.78 is 0. The molecule has 0 spiro atoms. The average Bonchev–Trinajstić information content (AvgIpc) is 2.41. The van der Waals surface area contributed by atoms with E-state index in [4.69, 9.17) is 11.6 Å². The Bertz CT molecular complexity index is 579. The molecular weight excluding hydrogens is 270 g/mol. The Hall–Kier alpha value is -1.61. The fraction of sp³-hybridized carbons (Fsp3) is 0.375. The molecule has 0 saturated carbocycles. The van der Waals surface area contributed by atoms with Crippen LogP contribution >= 0.6 is 11.6 Å². The van der Waals surface area contributed by atoms with Gasteiger partial charge in [-0.3, -0.25) is 0 Å². The second-order valence-corrected chi connectivity index (χ2v) is 5.53. The van der Waals surface area contributed by atoms with E-state index < -0.39 is 0 Å². The minimum Gasteiger partial charge on any atom is -0.327 e. The Kier molecular flexibility index (Phi) is 4.61. The highest BCUT2D eigenvalue weighted by Gasteiger charge is 2.13. The van der Waals surface area contributed by atoms with Crippen molar-refractivity contribution in [2.24, 2.45) is 0 Å². The maximum atomic E-state index is 6.13. The summed E-state index contributed by atoms with van der Waals surface area (Å²) in [7, 11) is 0. The summed E-state index contributed by atoms with van der Waals surface area (Å²) in [5.74, 6) is 1.88. The second-order valence-electron chi connectivity index (χ2n) is 5.14. The van der Waals surface area contributed by atoms with Crippen molar-refractivity contribution in [1.29, 1.82) is 0 Å². The van der Waals surface area contributed by atoms with Crippen LogP contribution in [0.4, 0.5) is 11.5 Å². The van der Waals surface area contributed by atoms with Gasteiger partial charge in [0.15, 0.2) is 0 Å². The van der Waals surface area contributed by atoms with Gasteiger partial charge in [0.25, 0.3) is 0 Å². The van der Waals surface area contributed by atoms with Gasteiger partial charge < -0.3 is 4.90 Å². The Morgan fingerprint density at radius 2 is 1.80 bits per heavy atom. The van der Waals surface area contributed by atoms with Crippen LogP contribution in [0.25, 0.3) is 0 Å². The largest absolute Gasteiger partial charge is 0.327 e. The van der Waals surface area contributed by atoms with Gasteiger partial charge in [-0.1, -0.05) is 43.1 Å². The molecule has 1 aromatic heterocycles. The third-order valence-electron chi connectivity index (χ3n) is 3.15. The molecule has 1 aromatic carbocycles. The second kappa shape index (κ2) is 6.23. The molecule has 2 rings (SSSR count). The van der Waals surface area contributed by atoms with Crippen LogP contribution in [0.1, 0.15) is 38.1 Å². The fourth-order valence-corrected chi connectivity index (χ4v) is 2.21. The maximum Gasteiger partial charge on any atom is 0.138 e. The van der Waals surface area contributed by atoms with E-state index in [1.165, 1.54) is 5.56 Å². The average molecular weight is 290 g/mol. The van der Waals surface area contributed by atoms with Gasteiger partial charge in [-0.2, -0.15) is 0 Å². The Balaban J connectivity index is 2.43. The fourth-order valence-electron chi connectivity index (χ4n) is 2.02. The molecule has 0 amide bonds. The first kappa shape index (κ1) is 14.8. The molecule has 0 N–H and O–H groups in total. The monoisotopic (exact) mass is 289 g/mol. The summed E-state index contributed by atoms with van der Waals surface area (Å²) in [6, 6.07) is 10.2. The first-order chi connectivity index (χ1) is 9.51.